The van der Waals surface area contributed by atoms with E-state index in [-0.39, 0.29) is 24.3 Å². The Labute approximate surface area is 193 Å². The molecule has 1 aromatic heterocycles. The van der Waals surface area contributed by atoms with Crippen molar-refractivity contribution in [3.63, 3.8) is 0 Å². The number of carbonyl (C=O) groups excluding carboxylic acids is 1. The van der Waals surface area contributed by atoms with Gasteiger partial charge in [-0.15, -0.1) is 5.10 Å². The maximum Gasteiger partial charge on any atom is 0.252 e. The van der Waals surface area contributed by atoms with Crippen LogP contribution in [0.5, 0.6) is 0 Å². The normalized spacial score (nSPS) is 29.7. The number of hydrogen-bond donors (Lipinski definition) is 3. The van der Waals surface area contributed by atoms with Crippen LogP contribution >= 0.6 is 0 Å². The minimum Gasteiger partial charge on any atom is -0.394 e. The summed E-state index contributed by atoms with van der Waals surface area (Å²) >= 11 is 0. The average Bonchev–Trinajstić information content (AvgIpc) is 3.33. The summed E-state index contributed by atoms with van der Waals surface area (Å²) in [5, 5.41) is 30.7. The van der Waals surface area contributed by atoms with Crippen LogP contribution in [0.15, 0.2) is 18.3 Å². The van der Waals surface area contributed by atoms with Gasteiger partial charge in [-0.05, 0) is 25.0 Å². The van der Waals surface area contributed by atoms with Gasteiger partial charge < -0.3 is 25.0 Å². The van der Waals surface area contributed by atoms with Crippen molar-refractivity contribution >= 4 is 5.91 Å². The largest absolute Gasteiger partial charge is 0.394 e. The number of halogens is 3. The van der Waals surface area contributed by atoms with E-state index >= 15 is 0 Å². The van der Waals surface area contributed by atoms with E-state index in [1.54, 1.807) is 0 Å². The summed E-state index contributed by atoms with van der Waals surface area (Å²) in [6.07, 6.45) is 1.33. The zero-order valence-corrected chi connectivity index (χ0v) is 18.5. The van der Waals surface area contributed by atoms with Crippen LogP contribution in [0.2, 0.25) is 0 Å². The number of aliphatic hydroxyl groups is 2. The van der Waals surface area contributed by atoms with Gasteiger partial charge in [0.2, 0.25) is 0 Å². The predicted octanol–water partition coefficient (Wildman–Crippen LogP) is 1.49. The number of aromatic nitrogens is 3. The topological polar surface area (TPSA) is 119 Å². The van der Waals surface area contributed by atoms with Crippen LogP contribution < -0.4 is 5.32 Å². The second kappa shape index (κ2) is 10.4. The fraction of sp³-hybridized carbons (Fsp3) is 0.591. The first kappa shape index (κ1) is 24.6. The third-order valence-electron chi connectivity index (χ3n) is 6.44. The predicted molar refractivity (Wildman–Crippen MR) is 112 cm³/mol. The second-order valence-electron chi connectivity index (χ2n) is 8.67. The minimum absolute atomic E-state index is 0.0111. The molecule has 6 atom stereocenters. The molecule has 0 radical (unpaired) electrons. The SMILES string of the molecule is COC1C(C(=O)N[C@H]2CCCC[C@@H]2O)OC(CO)CC1n1cc(-c2cc(F)c(F)c(F)c2)nn1. The minimum atomic E-state index is -1.58. The molecule has 3 N–H and O–H groups in total. The molecule has 1 saturated heterocycles. The average molecular weight is 484 g/mol. The summed E-state index contributed by atoms with van der Waals surface area (Å²) < 4.78 is 53.4. The molecule has 2 aromatic rings. The molecule has 4 rings (SSSR count). The van der Waals surface area contributed by atoms with E-state index < -0.39 is 59.9 Å². The molecule has 1 aromatic carbocycles. The molecular weight excluding hydrogens is 457 g/mol. The Morgan fingerprint density at radius 2 is 1.97 bits per heavy atom. The molecule has 1 aliphatic carbocycles. The summed E-state index contributed by atoms with van der Waals surface area (Å²) in [6.45, 7) is -0.362. The highest BCUT2D eigenvalue weighted by atomic mass is 19.2. The fourth-order valence-corrected chi connectivity index (χ4v) is 4.63. The highest BCUT2D eigenvalue weighted by Gasteiger charge is 2.45. The van der Waals surface area contributed by atoms with Gasteiger partial charge in [-0.1, -0.05) is 18.1 Å². The zero-order valence-electron chi connectivity index (χ0n) is 18.5. The van der Waals surface area contributed by atoms with E-state index in [2.05, 4.69) is 15.6 Å². The number of carbonyl (C=O) groups is 1. The Kier molecular flexibility index (Phi) is 7.51. The number of rotatable bonds is 6. The summed E-state index contributed by atoms with van der Waals surface area (Å²) in [6, 6.07) is 0.607. The number of nitrogens with zero attached hydrogens (tertiary/aromatic N) is 3. The van der Waals surface area contributed by atoms with Crippen molar-refractivity contribution < 1.29 is 37.7 Å². The fourth-order valence-electron chi connectivity index (χ4n) is 4.63. The summed E-state index contributed by atoms with van der Waals surface area (Å²) in [7, 11) is 1.40. The lowest BCUT2D eigenvalue weighted by Crippen LogP contribution is -2.57. The van der Waals surface area contributed by atoms with Gasteiger partial charge >= 0.3 is 0 Å². The van der Waals surface area contributed by atoms with Crippen molar-refractivity contribution in [3.8, 4) is 11.3 Å². The number of ether oxygens (including phenoxy) is 2. The van der Waals surface area contributed by atoms with Gasteiger partial charge in [-0.2, -0.15) is 0 Å². The molecule has 2 aliphatic rings. The van der Waals surface area contributed by atoms with Crippen LogP contribution in [0.3, 0.4) is 0 Å². The van der Waals surface area contributed by atoms with E-state index in [1.165, 1.54) is 18.0 Å². The number of hydrogen-bond acceptors (Lipinski definition) is 7. The van der Waals surface area contributed by atoms with Crippen molar-refractivity contribution in [2.75, 3.05) is 13.7 Å². The van der Waals surface area contributed by atoms with E-state index in [9.17, 15) is 28.2 Å². The van der Waals surface area contributed by atoms with E-state index in [1.807, 2.05) is 0 Å². The maximum absolute atomic E-state index is 13.7. The standard InChI is InChI=1S/C22H27F3N4O5/c1-33-20-17(29-9-16(27-28-29)11-6-13(23)19(25)14(24)7-11)8-12(10-30)34-21(20)22(32)26-15-4-2-3-5-18(15)31/h6-7,9,12,15,17-18,20-21,30-31H,2-5,8,10H2,1H3,(H,26,32)/t12?,15-,17?,18-,20?,21?/m0/s1. The van der Waals surface area contributed by atoms with Crippen LogP contribution in [0, 0.1) is 17.5 Å². The van der Waals surface area contributed by atoms with Crippen molar-refractivity contribution in [1.82, 2.24) is 20.3 Å². The molecule has 0 spiro atoms. The van der Waals surface area contributed by atoms with Gasteiger partial charge in [-0.25, -0.2) is 17.9 Å². The molecule has 4 unspecified atom stereocenters. The lowest BCUT2D eigenvalue weighted by molar-refractivity contribution is -0.179. The number of aliphatic hydroxyl groups excluding tert-OH is 2. The molecule has 9 nitrogen and oxygen atoms in total. The van der Waals surface area contributed by atoms with Gasteiger partial charge in [0.05, 0.1) is 37.1 Å². The lowest BCUT2D eigenvalue weighted by atomic mass is 9.91. The maximum atomic E-state index is 13.7. The van der Waals surface area contributed by atoms with Gasteiger partial charge in [-0.3, -0.25) is 4.79 Å². The van der Waals surface area contributed by atoms with E-state index in [0.29, 0.717) is 12.8 Å². The Morgan fingerprint density at radius 3 is 2.62 bits per heavy atom. The van der Waals surface area contributed by atoms with Crippen molar-refractivity contribution in [2.45, 2.75) is 68.6 Å². The van der Waals surface area contributed by atoms with E-state index in [4.69, 9.17) is 9.47 Å². The molecular formula is C22H27F3N4O5. The molecule has 2 heterocycles. The van der Waals surface area contributed by atoms with Crippen LogP contribution in [0.25, 0.3) is 11.3 Å². The van der Waals surface area contributed by atoms with Gasteiger partial charge in [0, 0.05) is 19.1 Å². The lowest BCUT2D eigenvalue weighted by Gasteiger charge is -2.40. The second-order valence-corrected chi connectivity index (χ2v) is 8.67. The molecule has 34 heavy (non-hydrogen) atoms. The molecule has 1 aliphatic heterocycles. The monoisotopic (exact) mass is 484 g/mol. The van der Waals surface area contributed by atoms with Gasteiger partial charge in [0.25, 0.3) is 5.91 Å². The van der Waals surface area contributed by atoms with Crippen LogP contribution in [0.1, 0.15) is 38.1 Å². The quantitative estimate of drug-likeness (QED) is 0.532. The third-order valence-corrected chi connectivity index (χ3v) is 6.44. The van der Waals surface area contributed by atoms with E-state index in [0.717, 1.165) is 25.0 Å². The highest BCUT2D eigenvalue weighted by molar-refractivity contribution is 5.82. The zero-order chi connectivity index (χ0) is 24.4. The molecule has 2 fully saturated rings. The molecule has 1 amide bonds. The Balaban J connectivity index is 1.58. The third kappa shape index (κ3) is 4.95. The molecule has 186 valence electrons. The first-order valence-corrected chi connectivity index (χ1v) is 11.2. The Bertz CT molecular complexity index is 999. The Morgan fingerprint density at radius 1 is 1.26 bits per heavy atom. The summed E-state index contributed by atoms with van der Waals surface area (Å²) in [4.78, 5) is 13.1. The van der Waals surface area contributed by atoms with Crippen molar-refractivity contribution in [2.24, 2.45) is 0 Å². The van der Waals surface area contributed by atoms with Crippen molar-refractivity contribution in [3.05, 3.63) is 35.8 Å². The first-order chi connectivity index (χ1) is 16.3. The number of amides is 1. The van der Waals surface area contributed by atoms with Crippen LogP contribution in [-0.2, 0) is 14.3 Å². The smallest absolute Gasteiger partial charge is 0.252 e. The van der Waals surface area contributed by atoms with Crippen molar-refractivity contribution in [1.29, 1.82) is 0 Å². The first-order valence-electron chi connectivity index (χ1n) is 11.2. The number of nitrogens with one attached hydrogen (secondary N) is 1. The van der Waals surface area contributed by atoms with Crippen LogP contribution in [-0.4, -0.2) is 75.3 Å². The highest BCUT2D eigenvalue weighted by Crippen LogP contribution is 2.33. The number of methoxy groups -OCH3 is 1. The molecule has 1 saturated carbocycles. The van der Waals surface area contributed by atoms with Crippen LogP contribution in [0.4, 0.5) is 13.2 Å². The molecule has 12 heteroatoms. The molecule has 0 bridgehead atoms. The van der Waals surface area contributed by atoms with Gasteiger partial charge in [0.15, 0.2) is 23.6 Å². The number of benzene rings is 1. The summed E-state index contributed by atoms with van der Waals surface area (Å²) in [5.74, 6) is -4.77. The Hall–Kier alpha value is -2.54. The summed E-state index contributed by atoms with van der Waals surface area (Å²) in [5.41, 5.74) is 0.0778. The van der Waals surface area contributed by atoms with Gasteiger partial charge in [0.1, 0.15) is 11.8 Å².